The SMILES string of the molecule is C1COC1.Cn1c(CN2CC=C(c3cccc(OCc4ccc(Cl)cc4F)n3)CC2)nc2ccc(-c3ccc4[nH]c(=O)[nH]c4c3)cc21.NC=O. The van der Waals surface area contributed by atoms with Gasteiger partial charge >= 0.3 is 5.69 Å². The van der Waals surface area contributed by atoms with Crippen LogP contribution in [0.5, 0.6) is 5.88 Å². The highest BCUT2D eigenvalue weighted by Gasteiger charge is 2.18. The van der Waals surface area contributed by atoms with Gasteiger partial charge in [-0.2, -0.15) is 0 Å². The number of carbonyl (C=O) groups is 1. The van der Waals surface area contributed by atoms with Crippen LogP contribution < -0.4 is 16.2 Å². The monoisotopic (exact) mass is 697 g/mol. The van der Waals surface area contributed by atoms with Gasteiger partial charge in [0.25, 0.3) is 0 Å². The number of hydrogen-bond donors (Lipinski definition) is 3. The third-order valence-corrected chi connectivity index (χ3v) is 8.74. The van der Waals surface area contributed by atoms with E-state index in [1.165, 1.54) is 12.5 Å². The summed E-state index contributed by atoms with van der Waals surface area (Å²) >= 11 is 5.85. The number of aromatic nitrogens is 5. The van der Waals surface area contributed by atoms with E-state index in [0.717, 1.165) is 89.6 Å². The van der Waals surface area contributed by atoms with E-state index in [9.17, 15) is 9.18 Å². The van der Waals surface area contributed by atoms with Gasteiger partial charge in [-0.25, -0.2) is 19.2 Å². The molecule has 3 aromatic carbocycles. The van der Waals surface area contributed by atoms with Crippen LogP contribution in [0.2, 0.25) is 5.02 Å². The minimum Gasteiger partial charge on any atom is -0.473 e. The van der Waals surface area contributed by atoms with E-state index >= 15 is 0 Å². The Morgan fingerprint density at radius 1 is 1.02 bits per heavy atom. The van der Waals surface area contributed by atoms with Gasteiger partial charge in [-0.3, -0.25) is 9.69 Å². The quantitative estimate of drug-likeness (QED) is 0.174. The van der Waals surface area contributed by atoms with Crippen LogP contribution in [-0.2, 0) is 29.7 Å². The van der Waals surface area contributed by atoms with Gasteiger partial charge in [0.05, 0.1) is 34.3 Å². The van der Waals surface area contributed by atoms with Crippen LogP contribution in [0.25, 0.3) is 38.8 Å². The number of nitrogens with one attached hydrogen (secondary N) is 2. The second-order valence-electron chi connectivity index (χ2n) is 11.8. The molecule has 0 spiro atoms. The number of aromatic amines is 2. The summed E-state index contributed by atoms with van der Waals surface area (Å²) < 4.78 is 26.8. The number of amides is 1. The number of halogens is 2. The predicted octanol–water partition coefficient (Wildman–Crippen LogP) is 5.97. The third kappa shape index (κ3) is 8.28. The molecule has 6 aromatic rings. The summed E-state index contributed by atoms with van der Waals surface area (Å²) in [6, 6.07) is 22.4. The van der Waals surface area contributed by atoms with Crippen LogP contribution in [0.4, 0.5) is 4.39 Å². The Balaban J connectivity index is 0.000000560. The molecule has 1 saturated heterocycles. The summed E-state index contributed by atoms with van der Waals surface area (Å²) in [7, 11) is 2.05. The van der Waals surface area contributed by atoms with E-state index in [1.54, 1.807) is 18.2 Å². The van der Waals surface area contributed by atoms with Crippen molar-refractivity contribution < 1.29 is 18.7 Å². The first-order chi connectivity index (χ1) is 24.3. The van der Waals surface area contributed by atoms with E-state index < -0.39 is 5.82 Å². The molecule has 50 heavy (non-hydrogen) atoms. The summed E-state index contributed by atoms with van der Waals surface area (Å²) in [6.45, 7) is 4.46. The molecular weight excluding hydrogens is 661 g/mol. The van der Waals surface area contributed by atoms with Crippen molar-refractivity contribution in [2.75, 3.05) is 26.3 Å². The second kappa shape index (κ2) is 15.9. The molecular formula is C37H37ClFN7O4. The number of aryl methyl sites for hydroxylation is 1. The molecule has 13 heteroatoms. The van der Waals surface area contributed by atoms with Crippen LogP contribution in [0.1, 0.15) is 29.9 Å². The Labute approximate surface area is 292 Å². The molecule has 3 aromatic heterocycles. The van der Waals surface area contributed by atoms with Gasteiger partial charge in [0.15, 0.2) is 0 Å². The number of nitrogens with zero attached hydrogens (tertiary/aromatic N) is 4. The van der Waals surface area contributed by atoms with Crippen molar-refractivity contribution >= 4 is 45.7 Å². The molecule has 5 heterocycles. The zero-order valence-electron chi connectivity index (χ0n) is 27.5. The lowest BCUT2D eigenvalue weighted by Crippen LogP contribution is -2.29. The van der Waals surface area contributed by atoms with Gasteiger partial charge in [-0.15, -0.1) is 0 Å². The number of primary amides is 1. The molecule has 1 fully saturated rings. The molecule has 0 atom stereocenters. The minimum atomic E-state index is -0.395. The van der Waals surface area contributed by atoms with Crippen molar-refractivity contribution in [3.63, 3.8) is 0 Å². The van der Waals surface area contributed by atoms with Gasteiger partial charge in [0, 0.05) is 50.0 Å². The lowest BCUT2D eigenvalue weighted by molar-refractivity contribution is -0.106. The van der Waals surface area contributed by atoms with Crippen molar-refractivity contribution in [1.82, 2.24) is 29.4 Å². The maximum atomic E-state index is 14.1. The number of ether oxygens (including phenoxy) is 2. The minimum absolute atomic E-state index is 0.0782. The van der Waals surface area contributed by atoms with E-state index in [1.807, 2.05) is 30.3 Å². The number of pyridine rings is 1. The molecule has 0 saturated carbocycles. The summed E-state index contributed by atoms with van der Waals surface area (Å²) in [5.41, 5.74) is 12.1. The van der Waals surface area contributed by atoms with Gasteiger partial charge in [-0.1, -0.05) is 41.9 Å². The highest BCUT2D eigenvalue weighted by molar-refractivity contribution is 6.30. The van der Waals surface area contributed by atoms with Crippen molar-refractivity contribution in [3.05, 3.63) is 117 Å². The Hall–Kier alpha value is -5.30. The topological polar surface area (TPSA) is 144 Å². The first-order valence-electron chi connectivity index (χ1n) is 16.2. The molecule has 0 bridgehead atoms. The number of carbonyl (C=O) groups excluding carboxylic acids is 1. The standard InChI is InChI=1S/C33H28ClFN6O2.C3H6O.CH3NO/c1-40-30-16-22(21-6-9-27-29(15-21)39-33(42)38-27)7-10-28(30)36-31(40)18-41-13-11-20(12-14-41)26-3-2-4-32(37-26)43-19-23-5-8-24(34)17-25(23)35;1-2-4-3-1;2-1-3/h2-11,15-17H,12-14,18-19H2,1H3,(H2,38,39,42);1-3H2;1H,(H2,2,3). The molecule has 4 N–H and O–H groups in total. The fraction of sp³-hybridized carbons (Fsp3) is 0.243. The Kier molecular flexibility index (Phi) is 11.0. The summed E-state index contributed by atoms with van der Waals surface area (Å²) in [4.78, 5) is 37.8. The largest absolute Gasteiger partial charge is 0.473 e. The lowest BCUT2D eigenvalue weighted by Gasteiger charge is -2.25. The maximum absolute atomic E-state index is 14.1. The van der Waals surface area contributed by atoms with Crippen LogP contribution in [0.15, 0.2) is 83.7 Å². The highest BCUT2D eigenvalue weighted by Crippen LogP contribution is 2.28. The zero-order chi connectivity index (χ0) is 35.0. The number of nitrogens with two attached hydrogens (primary N) is 1. The molecule has 11 nitrogen and oxygen atoms in total. The molecule has 0 unspecified atom stereocenters. The van der Waals surface area contributed by atoms with Crippen molar-refractivity contribution in [2.45, 2.75) is 26.0 Å². The Morgan fingerprint density at radius 2 is 1.76 bits per heavy atom. The van der Waals surface area contributed by atoms with Gasteiger partial charge in [0.1, 0.15) is 18.2 Å². The van der Waals surface area contributed by atoms with E-state index in [0.29, 0.717) is 16.5 Å². The highest BCUT2D eigenvalue weighted by atomic mass is 35.5. The average molecular weight is 698 g/mol. The maximum Gasteiger partial charge on any atom is 0.323 e. The summed E-state index contributed by atoms with van der Waals surface area (Å²) in [5.74, 6) is 1.06. The molecule has 0 radical (unpaired) electrons. The number of H-pyrrole nitrogens is 2. The molecule has 2 aliphatic rings. The van der Waals surface area contributed by atoms with Gasteiger partial charge in [-0.05, 0) is 72.0 Å². The molecule has 258 valence electrons. The van der Waals surface area contributed by atoms with Crippen molar-refractivity contribution in [2.24, 2.45) is 12.8 Å². The number of imidazole rings is 2. The molecule has 2 aliphatic heterocycles. The van der Waals surface area contributed by atoms with Gasteiger partial charge in [0.2, 0.25) is 12.3 Å². The molecule has 0 aliphatic carbocycles. The van der Waals surface area contributed by atoms with Crippen LogP contribution in [-0.4, -0.2) is 62.1 Å². The lowest BCUT2D eigenvalue weighted by atomic mass is 10.0. The second-order valence-corrected chi connectivity index (χ2v) is 12.3. The number of fused-ring (bicyclic) bond motifs is 2. The predicted molar refractivity (Wildman–Crippen MR) is 192 cm³/mol. The third-order valence-electron chi connectivity index (χ3n) is 8.50. The zero-order valence-corrected chi connectivity index (χ0v) is 28.3. The Bertz CT molecular complexity index is 2200. The van der Waals surface area contributed by atoms with Gasteiger partial charge < -0.3 is 29.7 Å². The normalized spacial score (nSPS) is 14.2. The van der Waals surface area contributed by atoms with Crippen molar-refractivity contribution in [3.8, 4) is 17.0 Å². The molecule has 1 amide bonds. The van der Waals surface area contributed by atoms with E-state index in [-0.39, 0.29) is 18.7 Å². The molecule has 8 rings (SSSR count). The van der Waals surface area contributed by atoms with Crippen LogP contribution >= 0.6 is 11.6 Å². The fourth-order valence-corrected chi connectivity index (χ4v) is 5.83. The fourth-order valence-electron chi connectivity index (χ4n) is 5.67. The van der Waals surface area contributed by atoms with E-state index in [2.05, 4.69) is 61.5 Å². The first-order valence-corrected chi connectivity index (χ1v) is 16.6. The summed E-state index contributed by atoms with van der Waals surface area (Å²) in [5, 5.41) is 0.354. The smallest absolute Gasteiger partial charge is 0.323 e. The number of hydrogen-bond acceptors (Lipinski definition) is 7. The summed E-state index contributed by atoms with van der Waals surface area (Å²) in [6.07, 6.45) is 4.58. The van der Waals surface area contributed by atoms with E-state index in [4.69, 9.17) is 30.9 Å². The van der Waals surface area contributed by atoms with Crippen molar-refractivity contribution in [1.29, 1.82) is 0 Å². The van der Waals surface area contributed by atoms with Crippen LogP contribution in [0, 0.1) is 5.82 Å². The number of benzene rings is 3. The Morgan fingerprint density at radius 3 is 2.48 bits per heavy atom. The van der Waals surface area contributed by atoms with Crippen LogP contribution in [0.3, 0.4) is 0 Å². The first kappa shape index (κ1) is 34.6. The average Bonchev–Trinajstić information content (AvgIpc) is 3.61. The number of rotatable bonds is 7.